The van der Waals surface area contributed by atoms with Gasteiger partial charge in [0.2, 0.25) is 0 Å². The molecule has 0 aliphatic heterocycles. The molecule has 0 atom stereocenters. The minimum atomic E-state index is -0.848. The number of carbonyl (C=O) groups excluding carboxylic acids is 1. The molecule has 0 aliphatic rings. The first-order chi connectivity index (χ1) is 10.6. The molecule has 0 spiro atoms. The number of benzene rings is 2. The van der Waals surface area contributed by atoms with E-state index in [-0.39, 0.29) is 17.9 Å². The van der Waals surface area contributed by atoms with Gasteiger partial charge in [0, 0.05) is 5.33 Å². The summed E-state index contributed by atoms with van der Waals surface area (Å²) < 4.78 is 37.7. The van der Waals surface area contributed by atoms with Gasteiger partial charge in [-0.25, -0.2) is 13.6 Å². The van der Waals surface area contributed by atoms with E-state index in [0.717, 1.165) is 12.1 Å². The summed E-state index contributed by atoms with van der Waals surface area (Å²) >= 11 is 3.26. The number of halogens is 3. The van der Waals surface area contributed by atoms with Crippen LogP contribution in [0.4, 0.5) is 8.78 Å². The monoisotopic (exact) mass is 370 g/mol. The highest BCUT2D eigenvalue weighted by Gasteiger charge is 2.21. The first kappa shape index (κ1) is 16.4. The normalized spacial score (nSPS) is 10.4. The average Bonchev–Trinajstić information content (AvgIpc) is 2.51. The van der Waals surface area contributed by atoms with E-state index < -0.39 is 23.4 Å². The van der Waals surface area contributed by atoms with E-state index in [1.807, 2.05) is 0 Å². The summed E-state index contributed by atoms with van der Waals surface area (Å²) in [4.78, 5) is 12.1. The zero-order valence-corrected chi connectivity index (χ0v) is 13.3. The molecule has 0 radical (unpaired) electrons. The van der Waals surface area contributed by atoms with Gasteiger partial charge < -0.3 is 9.47 Å². The highest BCUT2D eigenvalue weighted by Crippen LogP contribution is 2.32. The van der Waals surface area contributed by atoms with Crippen molar-refractivity contribution in [1.29, 1.82) is 0 Å². The predicted octanol–water partition coefficient (Wildman–Crippen LogP) is 4.83. The van der Waals surface area contributed by atoms with Crippen LogP contribution in [-0.2, 0) is 10.1 Å². The van der Waals surface area contributed by atoms with Gasteiger partial charge in [0.25, 0.3) is 0 Å². The van der Waals surface area contributed by atoms with E-state index >= 15 is 0 Å². The zero-order chi connectivity index (χ0) is 16.1. The Morgan fingerprint density at radius 3 is 2.36 bits per heavy atom. The molecular weight excluding hydrogens is 358 g/mol. The van der Waals surface area contributed by atoms with Crippen molar-refractivity contribution < 1.29 is 23.0 Å². The number of hydrogen-bond donors (Lipinski definition) is 0. The number of carbonyl (C=O) groups is 1. The van der Waals surface area contributed by atoms with E-state index in [9.17, 15) is 13.6 Å². The molecule has 0 saturated carbocycles. The van der Waals surface area contributed by atoms with Crippen LogP contribution in [0.3, 0.4) is 0 Å². The summed E-state index contributed by atoms with van der Waals surface area (Å²) in [6, 6.07) is 8.19. The Kier molecular flexibility index (Phi) is 5.49. The van der Waals surface area contributed by atoms with Crippen LogP contribution in [0.2, 0.25) is 0 Å². The van der Waals surface area contributed by atoms with Crippen LogP contribution in [0.25, 0.3) is 0 Å². The fraction of sp³-hybridized carbons (Fsp3) is 0.188. The maximum atomic E-state index is 13.7. The number of ether oxygens (including phenoxy) is 2. The SMILES string of the molecule is CCOC(=O)c1c(CBr)cccc1Oc1c(F)cccc1F. The van der Waals surface area contributed by atoms with Gasteiger partial charge in [-0.05, 0) is 30.7 Å². The smallest absolute Gasteiger partial charge is 0.342 e. The minimum Gasteiger partial charge on any atom is -0.462 e. The fourth-order valence-corrected chi connectivity index (χ4v) is 2.37. The molecule has 0 N–H and O–H groups in total. The molecule has 3 nitrogen and oxygen atoms in total. The summed E-state index contributed by atoms with van der Waals surface area (Å²) in [7, 11) is 0. The Morgan fingerprint density at radius 1 is 1.14 bits per heavy atom. The van der Waals surface area contributed by atoms with E-state index in [4.69, 9.17) is 9.47 Å². The van der Waals surface area contributed by atoms with E-state index in [0.29, 0.717) is 10.9 Å². The van der Waals surface area contributed by atoms with Crippen molar-refractivity contribution in [2.75, 3.05) is 6.61 Å². The van der Waals surface area contributed by atoms with Gasteiger partial charge in [0.15, 0.2) is 17.4 Å². The Balaban J connectivity index is 2.49. The summed E-state index contributed by atoms with van der Waals surface area (Å²) in [5.41, 5.74) is 0.747. The van der Waals surface area contributed by atoms with Crippen molar-refractivity contribution in [2.45, 2.75) is 12.3 Å². The van der Waals surface area contributed by atoms with E-state index in [2.05, 4.69) is 15.9 Å². The lowest BCUT2D eigenvalue weighted by Gasteiger charge is -2.14. The number of rotatable bonds is 5. The topological polar surface area (TPSA) is 35.5 Å². The third-order valence-corrected chi connectivity index (χ3v) is 3.47. The molecule has 22 heavy (non-hydrogen) atoms. The number of hydrogen-bond acceptors (Lipinski definition) is 3. The largest absolute Gasteiger partial charge is 0.462 e. The van der Waals surface area contributed by atoms with Gasteiger partial charge in [0.1, 0.15) is 11.3 Å². The summed E-state index contributed by atoms with van der Waals surface area (Å²) in [5.74, 6) is -2.82. The lowest BCUT2D eigenvalue weighted by atomic mass is 10.1. The van der Waals surface area contributed by atoms with Gasteiger partial charge in [-0.1, -0.05) is 34.1 Å². The van der Waals surface area contributed by atoms with Gasteiger partial charge in [-0.3, -0.25) is 0 Å². The molecule has 0 aliphatic carbocycles. The number of esters is 1. The van der Waals surface area contributed by atoms with Crippen molar-refractivity contribution in [3.8, 4) is 11.5 Å². The van der Waals surface area contributed by atoms with Crippen LogP contribution in [0.5, 0.6) is 11.5 Å². The molecule has 6 heteroatoms. The first-order valence-electron chi connectivity index (χ1n) is 6.55. The molecule has 0 fully saturated rings. The number of alkyl halides is 1. The second-order valence-corrected chi connectivity index (χ2v) is 4.86. The highest BCUT2D eigenvalue weighted by molar-refractivity contribution is 9.08. The molecule has 2 rings (SSSR count). The van der Waals surface area contributed by atoms with Crippen molar-refractivity contribution in [1.82, 2.24) is 0 Å². The molecule has 2 aromatic rings. The second kappa shape index (κ2) is 7.35. The molecule has 2 aromatic carbocycles. The van der Waals surface area contributed by atoms with E-state index in [1.54, 1.807) is 19.1 Å². The number of para-hydroxylation sites is 1. The maximum absolute atomic E-state index is 13.7. The third-order valence-electron chi connectivity index (χ3n) is 2.87. The van der Waals surface area contributed by atoms with Crippen LogP contribution >= 0.6 is 15.9 Å². The molecule has 0 amide bonds. The molecule has 0 unspecified atom stereocenters. The van der Waals surface area contributed by atoms with Crippen LogP contribution < -0.4 is 4.74 Å². The van der Waals surface area contributed by atoms with Crippen LogP contribution in [0.15, 0.2) is 36.4 Å². The van der Waals surface area contributed by atoms with Crippen LogP contribution in [0.1, 0.15) is 22.8 Å². The highest BCUT2D eigenvalue weighted by atomic mass is 79.9. The Morgan fingerprint density at radius 2 is 1.77 bits per heavy atom. The minimum absolute atomic E-state index is 0.0411. The van der Waals surface area contributed by atoms with Crippen molar-refractivity contribution in [2.24, 2.45) is 0 Å². The van der Waals surface area contributed by atoms with Gasteiger partial charge in [-0.15, -0.1) is 0 Å². The first-order valence-corrected chi connectivity index (χ1v) is 7.67. The average molecular weight is 371 g/mol. The predicted molar refractivity (Wildman–Crippen MR) is 81.5 cm³/mol. The maximum Gasteiger partial charge on any atom is 0.342 e. The Bertz CT molecular complexity index is 669. The molecule has 0 saturated heterocycles. The van der Waals surface area contributed by atoms with Gasteiger partial charge in [0.05, 0.1) is 6.61 Å². The quantitative estimate of drug-likeness (QED) is 0.558. The zero-order valence-electron chi connectivity index (χ0n) is 11.7. The lowest BCUT2D eigenvalue weighted by Crippen LogP contribution is -2.10. The van der Waals surface area contributed by atoms with Gasteiger partial charge in [-0.2, -0.15) is 0 Å². The second-order valence-electron chi connectivity index (χ2n) is 4.30. The summed E-state index contributed by atoms with van der Waals surface area (Å²) in [5, 5.41) is 0.373. The molecule has 116 valence electrons. The standard InChI is InChI=1S/C16H13BrF2O3/c1-2-21-16(20)14-10(9-17)5-3-8-13(14)22-15-11(18)6-4-7-12(15)19/h3-8H,2,9H2,1H3. The fourth-order valence-electron chi connectivity index (χ4n) is 1.90. The molecular formula is C16H13BrF2O3. The Hall–Kier alpha value is -1.95. The van der Waals surface area contributed by atoms with Crippen molar-refractivity contribution in [3.63, 3.8) is 0 Å². The lowest BCUT2D eigenvalue weighted by molar-refractivity contribution is 0.0522. The van der Waals surface area contributed by atoms with E-state index in [1.165, 1.54) is 12.1 Å². The Labute approximate surface area is 135 Å². The van der Waals surface area contributed by atoms with Crippen LogP contribution in [-0.4, -0.2) is 12.6 Å². The van der Waals surface area contributed by atoms with Gasteiger partial charge >= 0.3 is 5.97 Å². The summed E-state index contributed by atoms with van der Waals surface area (Å²) in [6.07, 6.45) is 0. The molecule has 0 bridgehead atoms. The summed E-state index contributed by atoms with van der Waals surface area (Å²) in [6.45, 7) is 1.86. The molecule has 0 aromatic heterocycles. The third kappa shape index (κ3) is 3.44. The van der Waals surface area contributed by atoms with Crippen LogP contribution in [0, 0.1) is 11.6 Å². The van der Waals surface area contributed by atoms with Crippen molar-refractivity contribution >= 4 is 21.9 Å². The van der Waals surface area contributed by atoms with Crippen molar-refractivity contribution in [3.05, 3.63) is 59.2 Å². The molecule has 0 heterocycles.